The fourth-order valence-electron chi connectivity index (χ4n) is 2.59. The van der Waals surface area contributed by atoms with Crippen molar-refractivity contribution < 1.29 is 22.7 Å². The maximum Gasteiger partial charge on any atom is 0.573 e. The lowest BCUT2D eigenvalue weighted by Crippen LogP contribution is -2.39. The average molecular weight is 464 g/mol. The molecule has 0 spiro atoms. The van der Waals surface area contributed by atoms with Crippen molar-refractivity contribution in [3.63, 3.8) is 0 Å². The molecule has 12 heteroatoms. The molecule has 32 heavy (non-hydrogen) atoms. The van der Waals surface area contributed by atoms with Crippen LogP contribution in [-0.2, 0) is 11.3 Å². The topological polar surface area (TPSA) is 85.3 Å². The first kappa shape index (κ1) is 23.0. The Morgan fingerprint density at radius 3 is 2.62 bits per heavy atom. The van der Waals surface area contributed by atoms with Crippen LogP contribution in [0, 0.1) is 0 Å². The number of aromatic nitrogens is 3. The van der Waals surface area contributed by atoms with E-state index in [2.05, 4.69) is 38.1 Å². The number of rotatable bonds is 8. The van der Waals surface area contributed by atoms with Crippen molar-refractivity contribution in [2.75, 3.05) is 5.32 Å². The second-order valence-corrected chi connectivity index (χ2v) is 6.61. The lowest BCUT2D eigenvalue weighted by atomic mass is 10.1. The van der Waals surface area contributed by atoms with E-state index in [1.807, 2.05) is 24.3 Å². The van der Waals surface area contributed by atoms with Crippen molar-refractivity contribution in [3.05, 3.63) is 72.5 Å². The summed E-state index contributed by atoms with van der Waals surface area (Å²) < 4.78 is 41.9. The van der Waals surface area contributed by atoms with E-state index in [-0.39, 0.29) is 5.75 Å². The van der Waals surface area contributed by atoms with Gasteiger partial charge in [-0.1, -0.05) is 30.7 Å². The zero-order valence-corrected chi connectivity index (χ0v) is 17.6. The van der Waals surface area contributed by atoms with Crippen molar-refractivity contribution in [2.24, 2.45) is 0 Å². The maximum absolute atomic E-state index is 12.2. The Bertz CT molecular complexity index is 1070. The Morgan fingerprint density at radius 1 is 1.16 bits per heavy atom. The van der Waals surface area contributed by atoms with Crippen LogP contribution in [0.1, 0.15) is 18.3 Å². The molecule has 0 aliphatic carbocycles. The van der Waals surface area contributed by atoms with E-state index in [4.69, 9.17) is 17.1 Å². The van der Waals surface area contributed by atoms with Gasteiger partial charge in [0.05, 0.1) is 5.69 Å². The molecule has 168 valence electrons. The predicted octanol–water partition coefficient (Wildman–Crippen LogP) is 4.12. The van der Waals surface area contributed by atoms with Crippen LogP contribution in [0.2, 0.25) is 0 Å². The first-order valence-corrected chi connectivity index (χ1v) is 9.75. The van der Waals surface area contributed by atoms with Gasteiger partial charge < -0.3 is 14.9 Å². The minimum atomic E-state index is -4.74. The Kier molecular flexibility index (Phi) is 7.63. The van der Waals surface area contributed by atoms with Gasteiger partial charge in [-0.25, -0.2) is 9.67 Å². The molecular weight excluding hydrogens is 445 g/mol. The van der Waals surface area contributed by atoms with E-state index >= 15 is 0 Å². The number of nitrogens with zero attached hydrogens (tertiary/aromatic N) is 3. The molecule has 0 bridgehead atoms. The van der Waals surface area contributed by atoms with Crippen LogP contribution >= 0.6 is 12.2 Å². The molecule has 2 aromatic carbocycles. The monoisotopic (exact) mass is 464 g/mol. The summed E-state index contributed by atoms with van der Waals surface area (Å²) in [6.07, 6.45) is 0.318. The van der Waals surface area contributed by atoms with Gasteiger partial charge in [-0.15, -0.1) is 18.3 Å². The summed E-state index contributed by atoms with van der Waals surface area (Å²) in [6.45, 7) is 2.05. The van der Waals surface area contributed by atoms with Crippen molar-refractivity contribution in [2.45, 2.75) is 19.7 Å². The Morgan fingerprint density at radius 2 is 1.91 bits per heavy atom. The number of ether oxygens (including phenoxy) is 1. The highest BCUT2D eigenvalue weighted by Crippen LogP contribution is 2.23. The number of thiocarbonyl (C=S) groups is 1. The van der Waals surface area contributed by atoms with Crippen molar-refractivity contribution in [3.8, 4) is 11.4 Å². The van der Waals surface area contributed by atoms with E-state index < -0.39 is 6.36 Å². The van der Waals surface area contributed by atoms with E-state index in [1.54, 1.807) is 0 Å². The van der Waals surface area contributed by atoms with Gasteiger partial charge in [0.15, 0.2) is 10.9 Å². The van der Waals surface area contributed by atoms with Gasteiger partial charge in [0, 0.05) is 11.8 Å². The van der Waals surface area contributed by atoms with E-state index in [0.29, 0.717) is 16.6 Å². The quantitative estimate of drug-likeness (QED) is 0.199. The van der Waals surface area contributed by atoms with Crippen LogP contribution in [0.3, 0.4) is 0 Å². The third-order valence-corrected chi connectivity index (χ3v) is 4.20. The number of hydrazine groups is 1. The van der Waals surface area contributed by atoms with Gasteiger partial charge in [0.1, 0.15) is 18.3 Å². The summed E-state index contributed by atoms with van der Waals surface area (Å²) in [4.78, 5) is 9.17. The minimum Gasteiger partial charge on any atom is -0.406 e. The van der Waals surface area contributed by atoms with Crippen molar-refractivity contribution in [1.82, 2.24) is 25.8 Å². The van der Waals surface area contributed by atoms with Gasteiger partial charge >= 0.3 is 6.36 Å². The van der Waals surface area contributed by atoms with Crippen molar-refractivity contribution in [1.29, 1.82) is 0 Å². The number of hydrogen-bond donors (Lipinski definition) is 3. The first-order chi connectivity index (χ1) is 15.3. The van der Waals surface area contributed by atoms with Crippen LogP contribution in [-0.4, -0.2) is 26.2 Å². The Hall–Kier alpha value is -3.64. The molecule has 0 aliphatic rings. The second-order valence-electron chi connectivity index (χ2n) is 6.20. The summed E-state index contributed by atoms with van der Waals surface area (Å²) in [5, 5.41) is 7.56. The molecule has 1 heterocycles. The largest absolute Gasteiger partial charge is 0.573 e. The van der Waals surface area contributed by atoms with Crippen LogP contribution in [0.4, 0.5) is 18.9 Å². The Labute approximate surface area is 187 Å². The molecule has 0 radical (unpaired) electrons. The lowest BCUT2D eigenvalue weighted by Gasteiger charge is -2.13. The summed E-state index contributed by atoms with van der Waals surface area (Å²) in [5.74, 6) is -0.000890. The molecule has 0 amide bonds. The molecule has 3 N–H and O–H groups in total. The minimum absolute atomic E-state index is 0.319. The van der Waals surface area contributed by atoms with Crippen LogP contribution in [0.25, 0.3) is 11.8 Å². The van der Waals surface area contributed by atoms with Crippen LogP contribution < -0.4 is 21.1 Å². The summed E-state index contributed by atoms with van der Waals surface area (Å²) in [7, 11) is 0. The molecule has 0 aliphatic heterocycles. The number of halogens is 3. The summed E-state index contributed by atoms with van der Waals surface area (Å²) in [5.41, 5.74) is 7.69. The normalized spacial score (nSPS) is 11.4. The molecule has 8 nitrogen and oxygen atoms in total. The number of para-hydroxylation sites is 1. The van der Waals surface area contributed by atoms with Gasteiger partial charge in [0.2, 0.25) is 0 Å². The first-order valence-electron chi connectivity index (χ1n) is 9.34. The highest BCUT2D eigenvalue weighted by atomic mass is 32.1. The van der Waals surface area contributed by atoms with Crippen LogP contribution in [0.15, 0.2) is 61.1 Å². The molecule has 0 unspecified atom stereocenters. The van der Waals surface area contributed by atoms with Gasteiger partial charge in [-0.05, 0) is 54.5 Å². The molecule has 0 atom stereocenters. The molecule has 0 saturated heterocycles. The molecule has 3 aromatic rings. The zero-order chi connectivity index (χ0) is 23.0. The number of nitrogens with one attached hydrogen (secondary N) is 3. The van der Waals surface area contributed by atoms with Gasteiger partial charge in [-0.2, -0.15) is 0 Å². The van der Waals surface area contributed by atoms with Gasteiger partial charge in [0.25, 0.3) is 0 Å². The smallest absolute Gasteiger partial charge is 0.406 e. The van der Waals surface area contributed by atoms with Gasteiger partial charge in [-0.3, -0.25) is 5.43 Å². The highest BCUT2D eigenvalue weighted by Gasteiger charge is 2.30. The fourth-order valence-corrected chi connectivity index (χ4v) is 2.74. The number of alkyl halides is 3. The molecule has 0 fully saturated rings. The van der Waals surface area contributed by atoms with E-state index in [0.717, 1.165) is 17.7 Å². The third kappa shape index (κ3) is 6.96. The average Bonchev–Trinajstić information content (AvgIpc) is 3.22. The molecule has 3 rings (SSSR count). The predicted molar refractivity (Wildman–Crippen MR) is 116 cm³/mol. The number of anilines is 1. The van der Waals surface area contributed by atoms with E-state index in [1.165, 1.54) is 47.6 Å². The van der Waals surface area contributed by atoms with E-state index in [9.17, 15) is 13.2 Å². The lowest BCUT2D eigenvalue weighted by molar-refractivity contribution is -0.274. The van der Waals surface area contributed by atoms with Crippen molar-refractivity contribution >= 4 is 29.1 Å². The number of benzene rings is 2. The molecular formula is C20H19F3N6O2S. The Balaban J connectivity index is 1.45. The second kappa shape index (κ2) is 10.6. The summed E-state index contributed by atoms with van der Waals surface area (Å²) in [6, 6.07) is 13.0. The zero-order valence-electron chi connectivity index (χ0n) is 16.8. The van der Waals surface area contributed by atoms with Crippen LogP contribution in [0.5, 0.6) is 5.75 Å². The number of aryl methyl sites for hydroxylation is 1. The molecule has 1 aromatic heterocycles. The highest BCUT2D eigenvalue weighted by molar-refractivity contribution is 7.80. The SMILES string of the molecule is CCc1ccccc1NC(=S)NNO/C=C/c1ncn(-c2ccc(OC(F)(F)F)cc2)n1. The standard InChI is InChI=1S/C20H19F3N6O2S/c1-2-14-5-3-4-6-17(14)25-19(32)26-28-30-12-11-18-24-13-29(27-18)15-7-9-16(10-8-15)31-20(21,22)23/h3-13,28H,2H2,1H3,(H2,25,26,32)/b12-11+. The molecule has 0 saturated carbocycles. The number of hydrogen-bond acceptors (Lipinski definition) is 6. The fraction of sp³-hybridized carbons (Fsp3) is 0.150. The third-order valence-electron chi connectivity index (χ3n) is 4.00. The maximum atomic E-state index is 12.2. The summed E-state index contributed by atoms with van der Waals surface area (Å²) >= 11 is 5.19.